The van der Waals surface area contributed by atoms with Crippen molar-refractivity contribution in [1.82, 2.24) is 5.32 Å². The molecule has 0 saturated heterocycles. The van der Waals surface area contributed by atoms with Crippen molar-refractivity contribution in [3.8, 4) is 0 Å². The molecule has 0 spiro atoms. The maximum absolute atomic E-state index is 10.8. The Balaban J connectivity index is 2.02. The van der Waals surface area contributed by atoms with E-state index < -0.39 is 5.60 Å². The number of aliphatic hydroxyl groups is 1. The van der Waals surface area contributed by atoms with Gasteiger partial charge in [-0.05, 0) is 56.3 Å². The van der Waals surface area contributed by atoms with Gasteiger partial charge in [0.1, 0.15) is 0 Å². The van der Waals surface area contributed by atoms with Gasteiger partial charge in [0.25, 0.3) is 0 Å². The lowest BCUT2D eigenvalue weighted by Crippen LogP contribution is -2.40. The van der Waals surface area contributed by atoms with Gasteiger partial charge in [0.2, 0.25) is 0 Å². The first-order valence-corrected chi connectivity index (χ1v) is 7.72. The second-order valence-corrected chi connectivity index (χ2v) is 6.20. The highest BCUT2D eigenvalue weighted by Gasteiger charge is 2.34. The average molecular weight is 302 g/mol. The number of halogens is 2. The quantitative estimate of drug-likeness (QED) is 0.876. The Hall–Kier alpha value is -0.280. The predicted molar refractivity (Wildman–Crippen MR) is 80.9 cm³/mol. The van der Waals surface area contributed by atoms with Gasteiger partial charge in [-0.15, -0.1) is 0 Å². The van der Waals surface area contributed by atoms with Crippen LogP contribution < -0.4 is 5.32 Å². The van der Waals surface area contributed by atoms with E-state index in [2.05, 4.69) is 12.2 Å². The molecule has 1 aliphatic carbocycles. The van der Waals surface area contributed by atoms with Gasteiger partial charge in [-0.25, -0.2) is 0 Å². The lowest BCUT2D eigenvalue weighted by Gasteiger charge is -2.37. The van der Waals surface area contributed by atoms with Crippen molar-refractivity contribution in [3.63, 3.8) is 0 Å². The second kappa shape index (κ2) is 6.45. The van der Waals surface area contributed by atoms with Gasteiger partial charge in [-0.3, -0.25) is 0 Å². The maximum Gasteiger partial charge on any atom is 0.0898 e. The maximum atomic E-state index is 10.8. The van der Waals surface area contributed by atoms with E-state index in [-0.39, 0.29) is 0 Å². The highest BCUT2D eigenvalue weighted by molar-refractivity contribution is 6.42. The van der Waals surface area contributed by atoms with Crippen LogP contribution in [0, 0.1) is 0 Å². The molecule has 0 aliphatic heterocycles. The summed E-state index contributed by atoms with van der Waals surface area (Å²) in [5.41, 5.74) is 0.134. The van der Waals surface area contributed by atoms with Gasteiger partial charge in [-0.2, -0.15) is 0 Å². The van der Waals surface area contributed by atoms with Crippen LogP contribution in [0.4, 0.5) is 0 Å². The van der Waals surface area contributed by atoms with Crippen molar-refractivity contribution in [1.29, 1.82) is 0 Å². The van der Waals surface area contributed by atoms with E-state index in [1.807, 2.05) is 6.07 Å². The molecule has 2 rings (SSSR count). The summed E-state index contributed by atoms with van der Waals surface area (Å²) < 4.78 is 0. The Morgan fingerprint density at radius 2 is 1.95 bits per heavy atom. The van der Waals surface area contributed by atoms with Crippen molar-refractivity contribution in [2.75, 3.05) is 6.54 Å². The zero-order valence-corrected chi connectivity index (χ0v) is 12.8. The Morgan fingerprint density at radius 3 is 2.53 bits per heavy atom. The van der Waals surface area contributed by atoms with E-state index >= 15 is 0 Å². The monoisotopic (exact) mass is 301 g/mol. The van der Waals surface area contributed by atoms with Gasteiger partial charge in [0.05, 0.1) is 15.6 Å². The Bertz CT molecular complexity index is 428. The lowest BCUT2D eigenvalue weighted by atomic mass is 9.78. The third-order valence-electron chi connectivity index (χ3n) is 3.95. The predicted octanol–water partition coefficient (Wildman–Crippen LogP) is 4.12. The average Bonchev–Trinajstić information content (AvgIpc) is 2.41. The van der Waals surface area contributed by atoms with E-state index in [9.17, 15) is 5.11 Å². The zero-order chi connectivity index (χ0) is 13.9. The van der Waals surface area contributed by atoms with E-state index in [1.165, 1.54) is 0 Å². The molecule has 2 N–H and O–H groups in total. The fourth-order valence-electron chi connectivity index (χ4n) is 2.72. The van der Waals surface area contributed by atoms with E-state index in [0.717, 1.165) is 44.2 Å². The standard InChI is InChI=1S/C15H21Cl2NO/c1-2-9-18-12-5-7-15(19,8-6-12)11-3-4-13(16)14(17)10-11/h3-4,10,12,18-19H,2,5-9H2,1H3. The molecule has 0 radical (unpaired) electrons. The summed E-state index contributed by atoms with van der Waals surface area (Å²) in [6, 6.07) is 5.97. The normalized spacial score (nSPS) is 27.5. The summed E-state index contributed by atoms with van der Waals surface area (Å²) in [6.07, 6.45) is 4.68. The second-order valence-electron chi connectivity index (χ2n) is 5.39. The van der Waals surface area contributed by atoms with Crippen LogP contribution in [0.2, 0.25) is 10.0 Å². The van der Waals surface area contributed by atoms with Crippen LogP contribution in [0.25, 0.3) is 0 Å². The van der Waals surface area contributed by atoms with Crippen LogP contribution in [0.3, 0.4) is 0 Å². The molecule has 0 bridgehead atoms. The zero-order valence-electron chi connectivity index (χ0n) is 11.3. The number of hydrogen-bond donors (Lipinski definition) is 2. The molecule has 0 atom stereocenters. The first-order chi connectivity index (χ1) is 9.05. The minimum atomic E-state index is -0.751. The van der Waals surface area contributed by atoms with E-state index in [0.29, 0.717) is 16.1 Å². The fourth-order valence-corrected chi connectivity index (χ4v) is 3.02. The molecule has 19 heavy (non-hydrogen) atoms. The molecule has 2 nitrogen and oxygen atoms in total. The molecule has 1 saturated carbocycles. The molecule has 0 aromatic heterocycles. The van der Waals surface area contributed by atoms with Gasteiger partial charge < -0.3 is 10.4 Å². The summed E-state index contributed by atoms with van der Waals surface area (Å²) in [5.74, 6) is 0. The minimum absolute atomic E-state index is 0.513. The van der Waals surface area contributed by atoms with Crippen molar-refractivity contribution in [2.24, 2.45) is 0 Å². The van der Waals surface area contributed by atoms with Crippen LogP contribution >= 0.6 is 23.2 Å². The largest absolute Gasteiger partial charge is 0.385 e. The molecule has 1 aliphatic rings. The molecule has 4 heteroatoms. The Kier molecular flexibility index (Phi) is 5.13. The van der Waals surface area contributed by atoms with Crippen LogP contribution in [-0.4, -0.2) is 17.7 Å². The van der Waals surface area contributed by atoms with Crippen LogP contribution in [0.5, 0.6) is 0 Å². The minimum Gasteiger partial charge on any atom is -0.385 e. The Morgan fingerprint density at radius 1 is 1.26 bits per heavy atom. The lowest BCUT2D eigenvalue weighted by molar-refractivity contribution is -0.00825. The molecule has 0 unspecified atom stereocenters. The van der Waals surface area contributed by atoms with Crippen molar-refractivity contribution in [2.45, 2.75) is 50.7 Å². The van der Waals surface area contributed by atoms with Crippen molar-refractivity contribution >= 4 is 23.2 Å². The molecule has 1 fully saturated rings. The molecule has 1 aromatic rings. The molecule has 106 valence electrons. The third kappa shape index (κ3) is 3.63. The van der Waals surface area contributed by atoms with Crippen molar-refractivity contribution in [3.05, 3.63) is 33.8 Å². The van der Waals surface area contributed by atoms with Crippen molar-refractivity contribution < 1.29 is 5.11 Å². The molecule has 0 amide bonds. The molecule has 0 heterocycles. The molecule has 1 aromatic carbocycles. The first-order valence-electron chi connectivity index (χ1n) is 6.96. The number of benzene rings is 1. The highest BCUT2D eigenvalue weighted by Crippen LogP contribution is 2.39. The summed E-state index contributed by atoms with van der Waals surface area (Å²) in [7, 11) is 0. The van der Waals surface area contributed by atoms with Gasteiger partial charge >= 0.3 is 0 Å². The number of nitrogens with one attached hydrogen (secondary N) is 1. The van der Waals surface area contributed by atoms with Crippen LogP contribution in [-0.2, 0) is 5.60 Å². The summed E-state index contributed by atoms with van der Waals surface area (Å²) in [5, 5.41) is 15.3. The van der Waals surface area contributed by atoms with Gasteiger partial charge in [0.15, 0.2) is 0 Å². The SMILES string of the molecule is CCCNC1CCC(O)(c2ccc(Cl)c(Cl)c2)CC1. The summed E-state index contributed by atoms with van der Waals surface area (Å²) in [6.45, 7) is 3.22. The van der Waals surface area contributed by atoms with Gasteiger partial charge in [-0.1, -0.05) is 36.2 Å². The smallest absolute Gasteiger partial charge is 0.0898 e. The highest BCUT2D eigenvalue weighted by atomic mass is 35.5. The van der Waals surface area contributed by atoms with Crippen LogP contribution in [0.15, 0.2) is 18.2 Å². The molecular weight excluding hydrogens is 281 g/mol. The van der Waals surface area contributed by atoms with E-state index in [1.54, 1.807) is 12.1 Å². The Labute approximate surface area is 125 Å². The fraction of sp³-hybridized carbons (Fsp3) is 0.600. The molecular formula is C15H21Cl2NO. The van der Waals surface area contributed by atoms with E-state index in [4.69, 9.17) is 23.2 Å². The van der Waals surface area contributed by atoms with Crippen LogP contribution in [0.1, 0.15) is 44.6 Å². The summed E-state index contributed by atoms with van der Waals surface area (Å²) >= 11 is 12.0. The van der Waals surface area contributed by atoms with Gasteiger partial charge in [0, 0.05) is 6.04 Å². The summed E-state index contributed by atoms with van der Waals surface area (Å²) in [4.78, 5) is 0. The topological polar surface area (TPSA) is 32.3 Å². The number of rotatable bonds is 4. The third-order valence-corrected chi connectivity index (χ3v) is 4.69. The number of hydrogen-bond acceptors (Lipinski definition) is 2. The first kappa shape index (κ1) is 15.1.